The largest absolute Gasteiger partial charge is 0.377 e. The summed E-state index contributed by atoms with van der Waals surface area (Å²) in [7, 11) is -3.31. The minimum absolute atomic E-state index is 0.0738. The Hall–Kier alpha value is -1.48. The molecule has 0 N–H and O–H groups in total. The highest BCUT2D eigenvalue weighted by molar-refractivity contribution is 7.90. The predicted octanol–water partition coefficient (Wildman–Crippen LogP) is 0.613. The number of anilines is 1. The second-order valence-corrected chi connectivity index (χ2v) is 9.13. The number of carbonyl (C=O) groups is 1. The SMILES string of the molecule is O=C1CO[C@@]2(COCCN(S(=O)(=O)C3CC3)C2)CN1c1ccccc1. The van der Waals surface area contributed by atoms with Crippen molar-refractivity contribution in [1.82, 2.24) is 4.31 Å². The summed E-state index contributed by atoms with van der Waals surface area (Å²) in [5.74, 6) is -0.127. The standard InChI is InChI=1S/C17H22N2O5S/c20-16-10-24-17(12-19(16)14-4-2-1-3-5-14)11-18(8-9-23-13-17)25(21,22)15-6-7-15/h1-5,15H,6-13H2/t17-/m1/s1. The lowest BCUT2D eigenvalue weighted by Crippen LogP contribution is -2.61. The number of carbonyl (C=O) groups excluding carboxylic acids is 1. The molecule has 2 heterocycles. The number of hydrogen-bond acceptors (Lipinski definition) is 5. The van der Waals surface area contributed by atoms with Crippen LogP contribution in [0.4, 0.5) is 5.69 Å². The van der Waals surface area contributed by atoms with Gasteiger partial charge in [-0.15, -0.1) is 0 Å². The average Bonchev–Trinajstić information content (AvgIpc) is 3.46. The van der Waals surface area contributed by atoms with E-state index in [0.717, 1.165) is 18.5 Å². The van der Waals surface area contributed by atoms with Crippen LogP contribution in [-0.2, 0) is 24.3 Å². The topological polar surface area (TPSA) is 76.1 Å². The Morgan fingerprint density at radius 3 is 2.60 bits per heavy atom. The van der Waals surface area contributed by atoms with Crippen molar-refractivity contribution in [3.05, 3.63) is 30.3 Å². The summed E-state index contributed by atoms with van der Waals surface area (Å²) >= 11 is 0. The molecule has 7 nitrogen and oxygen atoms in total. The number of sulfonamides is 1. The lowest BCUT2D eigenvalue weighted by atomic mass is 10.0. The summed E-state index contributed by atoms with van der Waals surface area (Å²) in [6, 6.07) is 9.37. The first-order valence-corrected chi connectivity index (χ1v) is 10.1. The van der Waals surface area contributed by atoms with Gasteiger partial charge in [0.15, 0.2) is 0 Å². The molecule has 2 aliphatic heterocycles. The van der Waals surface area contributed by atoms with Crippen LogP contribution in [0.25, 0.3) is 0 Å². The molecule has 1 saturated carbocycles. The highest BCUT2D eigenvalue weighted by Gasteiger charge is 2.48. The molecule has 0 radical (unpaired) electrons. The molecule has 0 unspecified atom stereocenters. The van der Waals surface area contributed by atoms with Gasteiger partial charge in [-0.05, 0) is 25.0 Å². The number of ether oxygens (including phenoxy) is 2. The van der Waals surface area contributed by atoms with Crippen LogP contribution in [-0.4, -0.2) is 68.9 Å². The summed E-state index contributed by atoms with van der Waals surface area (Å²) in [5, 5.41) is -0.266. The summed E-state index contributed by atoms with van der Waals surface area (Å²) in [4.78, 5) is 14.0. The zero-order valence-electron chi connectivity index (χ0n) is 14.0. The highest BCUT2D eigenvalue weighted by Crippen LogP contribution is 2.34. The van der Waals surface area contributed by atoms with Crippen LogP contribution in [0.5, 0.6) is 0 Å². The number of morpholine rings is 1. The molecule has 1 spiro atoms. The highest BCUT2D eigenvalue weighted by atomic mass is 32.2. The van der Waals surface area contributed by atoms with Gasteiger partial charge in [-0.1, -0.05) is 18.2 Å². The van der Waals surface area contributed by atoms with Crippen molar-refractivity contribution in [1.29, 1.82) is 0 Å². The van der Waals surface area contributed by atoms with Crippen LogP contribution in [0, 0.1) is 0 Å². The number of para-hydroxylation sites is 1. The summed E-state index contributed by atoms with van der Waals surface area (Å²) in [6.45, 7) is 1.39. The average molecular weight is 366 g/mol. The van der Waals surface area contributed by atoms with Gasteiger partial charge in [0.25, 0.3) is 5.91 Å². The summed E-state index contributed by atoms with van der Waals surface area (Å²) in [6.07, 6.45) is 1.45. The number of rotatable bonds is 3. The third-order valence-corrected chi connectivity index (χ3v) is 7.28. The monoisotopic (exact) mass is 366 g/mol. The molecule has 2 saturated heterocycles. The van der Waals surface area contributed by atoms with E-state index in [0.29, 0.717) is 13.2 Å². The molecule has 25 heavy (non-hydrogen) atoms. The normalized spacial score (nSPS) is 29.0. The maximum atomic E-state index is 12.7. The van der Waals surface area contributed by atoms with E-state index in [4.69, 9.17) is 9.47 Å². The number of hydrogen-bond donors (Lipinski definition) is 0. The van der Waals surface area contributed by atoms with Gasteiger partial charge < -0.3 is 14.4 Å². The van der Waals surface area contributed by atoms with E-state index in [1.54, 1.807) is 4.90 Å². The zero-order valence-corrected chi connectivity index (χ0v) is 14.8. The minimum Gasteiger partial charge on any atom is -0.377 e. The van der Waals surface area contributed by atoms with E-state index in [1.165, 1.54) is 4.31 Å². The van der Waals surface area contributed by atoms with Crippen LogP contribution in [0.3, 0.4) is 0 Å². The van der Waals surface area contributed by atoms with Crippen molar-refractivity contribution in [2.24, 2.45) is 0 Å². The Labute approximate surface area is 147 Å². The van der Waals surface area contributed by atoms with E-state index >= 15 is 0 Å². The minimum atomic E-state index is -3.31. The van der Waals surface area contributed by atoms with Crippen LogP contribution in [0.15, 0.2) is 30.3 Å². The van der Waals surface area contributed by atoms with Gasteiger partial charge in [-0.2, -0.15) is 4.31 Å². The fraction of sp³-hybridized carbons (Fsp3) is 0.588. The fourth-order valence-corrected chi connectivity index (χ4v) is 5.30. The van der Waals surface area contributed by atoms with Crippen molar-refractivity contribution in [2.45, 2.75) is 23.7 Å². The van der Waals surface area contributed by atoms with Crippen molar-refractivity contribution in [3.8, 4) is 0 Å². The predicted molar refractivity (Wildman–Crippen MR) is 91.8 cm³/mol. The molecule has 1 aromatic carbocycles. The molecule has 1 atom stereocenters. The van der Waals surface area contributed by atoms with E-state index in [9.17, 15) is 13.2 Å². The Balaban J connectivity index is 1.60. The first kappa shape index (κ1) is 17.0. The van der Waals surface area contributed by atoms with Gasteiger partial charge in [0.05, 0.1) is 25.0 Å². The lowest BCUT2D eigenvalue weighted by Gasteiger charge is -2.42. The molecular formula is C17H22N2O5S. The molecule has 0 aromatic heterocycles. The van der Waals surface area contributed by atoms with Crippen molar-refractivity contribution in [3.63, 3.8) is 0 Å². The second kappa shape index (κ2) is 6.35. The third-order valence-electron chi connectivity index (χ3n) is 4.94. The molecule has 0 bridgehead atoms. The number of amides is 1. The lowest BCUT2D eigenvalue weighted by molar-refractivity contribution is -0.145. The van der Waals surface area contributed by atoms with Crippen LogP contribution >= 0.6 is 0 Å². The van der Waals surface area contributed by atoms with E-state index < -0.39 is 15.6 Å². The molecule has 1 aromatic rings. The molecule has 136 valence electrons. The van der Waals surface area contributed by atoms with Crippen LogP contribution in [0.2, 0.25) is 0 Å². The zero-order chi connectivity index (χ0) is 17.5. The van der Waals surface area contributed by atoms with E-state index in [1.807, 2.05) is 30.3 Å². The summed E-state index contributed by atoms with van der Waals surface area (Å²) in [5.41, 5.74) is -0.0432. The quantitative estimate of drug-likeness (QED) is 0.784. The Bertz CT molecular complexity index is 750. The van der Waals surface area contributed by atoms with Gasteiger partial charge in [0.2, 0.25) is 10.0 Å². The molecule has 4 rings (SSSR count). The number of nitrogens with zero attached hydrogens (tertiary/aromatic N) is 2. The van der Waals surface area contributed by atoms with Crippen molar-refractivity contribution >= 4 is 21.6 Å². The summed E-state index contributed by atoms with van der Waals surface area (Å²) < 4.78 is 38.4. The smallest absolute Gasteiger partial charge is 0.253 e. The molecule has 3 aliphatic rings. The van der Waals surface area contributed by atoms with Crippen molar-refractivity contribution < 1.29 is 22.7 Å². The third kappa shape index (κ3) is 3.31. The van der Waals surface area contributed by atoms with E-state index in [-0.39, 0.29) is 37.5 Å². The first-order chi connectivity index (χ1) is 12.0. The molecule has 3 fully saturated rings. The molecule has 1 aliphatic carbocycles. The second-order valence-electron chi connectivity index (χ2n) is 6.92. The molecule has 8 heteroatoms. The van der Waals surface area contributed by atoms with Crippen LogP contribution in [0.1, 0.15) is 12.8 Å². The van der Waals surface area contributed by atoms with Crippen molar-refractivity contribution in [2.75, 3.05) is 44.4 Å². The van der Waals surface area contributed by atoms with Gasteiger partial charge in [0, 0.05) is 18.8 Å². The van der Waals surface area contributed by atoms with Gasteiger partial charge >= 0.3 is 0 Å². The maximum absolute atomic E-state index is 12.7. The number of benzene rings is 1. The van der Waals surface area contributed by atoms with Crippen LogP contribution < -0.4 is 4.90 Å². The van der Waals surface area contributed by atoms with Gasteiger partial charge in [0.1, 0.15) is 12.2 Å². The van der Waals surface area contributed by atoms with Gasteiger partial charge in [-0.3, -0.25) is 4.79 Å². The Morgan fingerprint density at radius 2 is 1.88 bits per heavy atom. The maximum Gasteiger partial charge on any atom is 0.253 e. The Morgan fingerprint density at radius 1 is 1.12 bits per heavy atom. The first-order valence-electron chi connectivity index (χ1n) is 8.56. The molecule has 1 amide bonds. The Kier molecular flexibility index (Phi) is 4.31. The van der Waals surface area contributed by atoms with E-state index in [2.05, 4.69) is 0 Å². The molecular weight excluding hydrogens is 344 g/mol. The fourth-order valence-electron chi connectivity index (χ4n) is 3.41. The van der Waals surface area contributed by atoms with Gasteiger partial charge in [-0.25, -0.2) is 8.42 Å².